The van der Waals surface area contributed by atoms with Gasteiger partial charge >= 0.3 is 6.16 Å². The summed E-state index contributed by atoms with van der Waals surface area (Å²) in [5.41, 5.74) is 1.16. The lowest BCUT2D eigenvalue weighted by Crippen LogP contribution is -2.07. The lowest BCUT2D eigenvalue weighted by atomic mass is 10.2. The number of fused-ring (bicyclic) bond motifs is 1. The second-order valence-electron chi connectivity index (χ2n) is 5.43. The fourth-order valence-corrected chi connectivity index (χ4v) is 2.47. The van der Waals surface area contributed by atoms with Crippen molar-refractivity contribution in [2.75, 3.05) is 0 Å². The molecule has 0 amide bonds. The zero-order valence-electron chi connectivity index (χ0n) is 13.4. The third kappa shape index (κ3) is 3.23. The van der Waals surface area contributed by atoms with E-state index in [2.05, 4.69) is 4.98 Å². The number of hydrogen-bond acceptors (Lipinski definition) is 4. The summed E-state index contributed by atoms with van der Waals surface area (Å²) < 4.78 is 39.2. The first-order valence-electron chi connectivity index (χ1n) is 7.32. The first kappa shape index (κ1) is 16.7. The highest BCUT2D eigenvalue weighted by Crippen LogP contribution is 2.29. The largest absolute Gasteiger partial charge is 0.512 e. The number of aryl methyl sites for hydroxylation is 2. The van der Waals surface area contributed by atoms with Crippen molar-refractivity contribution in [3.8, 4) is 11.6 Å². The first-order valence-corrected chi connectivity index (χ1v) is 7.32. The summed E-state index contributed by atoms with van der Waals surface area (Å²) in [4.78, 5) is 15.1. The van der Waals surface area contributed by atoms with E-state index in [9.17, 15) is 13.6 Å². The Morgan fingerprint density at radius 2 is 1.96 bits per heavy atom. The molecule has 130 valence electrons. The molecule has 3 aromatic rings. The van der Waals surface area contributed by atoms with Crippen LogP contribution in [0.4, 0.5) is 13.6 Å². The molecular formula is C17H14F2N2O4. The molecule has 6 nitrogen and oxygen atoms in total. The van der Waals surface area contributed by atoms with E-state index in [1.807, 2.05) is 0 Å². The van der Waals surface area contributed by atoms with Gasteiger partial charge in [-0.1, -0.05) is 6.07 Å². The molecule has 3 rings (SSSR count). The molecule has 2 aromatic heterocycles. The maximum atomic E-state index is 13.7. The van der Waals surface area contributed by atoms with Gasteiger partial charge in [0.2, 0.25) is 5.88 Å². The molecule has 0 aliphatic carbocycles. The summed E-state index contributed by atoms with van der Waals surface area (Å²) >= 11 is 0. The molecule has 0 atom stereocenters. The van der Waals surface area contributed by atoms with Gasteiger partial charge in [0.1, 0.15) is 23.9 Å². The van der Waals surface area contributed by atoms with Crippen LogP contribution < -0.4 is 9.47 Å². The summed E-state index contributed by atoms with van der Waals surface area (Å²) in [6, 6.07) is 5.20. The maximum Gasteiger partial charge on any atom is 0.512 e. The van der Waals surface area contributed by atoms with Crippen LogP contribution >= 0.6 is 0 Å². The Bertz CT molecular complexity index is 949. The van der Waals surface area contributed by atoms with E-state index in [0.717, 1.165) is 17.7 Å². The normalized spacial score (nSPS) is 10.9. The summed E-state index contributed by atoms with van der Waals surface area (Å²) in [5, 5.41) is 8.84. The SMILES string of the molecule is Cc1cc(OCc2c(F)cccc2F)c2nc(C)c(OC(=O)O)n2c1. The summed E-state index contributed by atoms with van der Waals surface area (Å²) in [6.07, 6.45) is 0.159. The Labute approximate surface area is 141 Å². The molecule has 1 aromatic carbocycles. The van der Waals surface area contributed by atoms with Gasteiger partial charge in [-0.2, -0.15) is 0 Å². The van der Waals surface area contributed by atoms with E-state index in [-0.39, 0.29) is 29.4 Å². The van der Waals surface area contributed by atoms with Gasteiger partial charge in [0.05, 0.1) is 5.56 Å². The molecular weight excluding hydrogens is 334 g/mol. The minimum atomic E-state index is -1.47. The van der Waals surface area contributed by atoms with Crippen molar-refractivity contribution in [2.45, 2.75) is 20.5 Å². The van der Waals surface area contributed by atoms with Crippen molar-refractivity contribution >= 4 is 11.8 Å². The number of benzene rings is 1. The van der Waals surface area contributed by atoms with Crippen LogP contribution in [0.1, 0.15) is 16.8 Å². The highest BCUT2D eigenvalue weighted by atomic mass is 19.1. The molecule has 25 heavy (non-hydrogen) atoms. The van der Waals surface area contributed by atoms with E-state index >= 15 is 0 Å². The van der Waals surface area contributed by atoms with Gasteiger partial charge in [-0.05, 0) is 37.6 Å². The highest BCUT2D eigenvalue weighted by Gasteiger charge is 2.18. The predicted molar refractivity (Wildman–Crippen MR) is 84.0 cm³/mol. The number of pyridine rings is 1. The lowest BCUT2D eigenvalue weighted by Gasteiger charge is -2.10. The second-order valence-corrected chi connectivity index (χ2v) is 5.43. The van der Waals surface area contributed by atoms with Crippen LogP contribution in [0.5, 0.6) is 11.6 Å². The van der Waals surface area contributed by atoms with Crippen molar-refractivity contribution in [1.82, 2.24) is 9.38 Å². The fourth-order valence-electron chi connectivity index (χ4n) is 2.47. The molecule has 0 unspecified atom stereocenters. The molecule has 0 saturated carbocycles. The number of halogens is 2. The molecule has 0 aliphatic heterocycles. The Balaban J connectivity index is 2.00. The fraction of sp³-hybridized carbons (Fsp3) is 0.176. The highest BCUT2D eigenvalue weighted by molar-refractivity contribution is 5.64. The molecule has 0 fully saturated rings. The van der Waals surface area contributed by atoms with Gasteiger partial charge < -0.3 is 14.6 Å². The minimum absolute atomic E-state index is 0.0353. The zero-order valence-corrected chi connectivity index (χ0v) is 13.4. The summed E-state index contributed by atoms with van der Waals surface area (Å²) in [6.45, 7) is 3.01. The smallest absolute Gasteiger partial charge is 0.485 e. The van der Waals surface area contributed by atoms with Crippen molar-refractivity contribution in [3.05, 3.63) is 58.9 Å². The van der Waals surface area contributed by atoms with Crippen molar-refractivity contribution in [3.63, 3.8) is 0 Å². The van der Waals surface area contributed by atoms with Crippen LogP contribution in [0.2, 0.25) is 0 Å². The number of ether oxygens (including phenoxy) is 2. The number of carbonyl (C=O) groups is 1. The maximum absolute atomic E-state index is 13.7. The molecule has 0 bridgehead atoms. The topological polar surface area (TPSA) is 73.1 Å². The van der Waals surface area contributed by atoms with Gasteiger partial charge in [-0.15, -0.1) is 0 Å². The van der Waals surface area contributed by atoms with Crippen LogP contribution in [0.3, 0.4) is 0 Å². The monoisotopic (exact) mass is 348 g/mol. The third-order valence-electron chi connectivity index (χ3n) is 3.56. The van der Waals surface area contributed by atoms with Gasteiger partial charge in [0, 0.05) is 6.20 Å². The van der Waals surface area contributed by atoms with Gasteiger partial charge in [0.15, 0.2) is 11.4 Å². The number of carboxylic acid groups (broad SMARTS) is 1. The van der Waals surface area contributed by atoms with Gasteiger partial charge in [-0.3, -0.25) is 4.40 Å². The molecule has 8 heteroatoms. The minimum Gasteiger partial charge on any atom is -0.485 e. The summed E-state index contributed by atoms with van der Waals surface area (Å²) in [7, 11) is 0. The van der Waals surface area contributed by atoms with E-state index in [1.54, 1.807) is 26.1 Å². The Hall–Kier alpha value is -3.16. The summed E-state index contributed by atoms with van der Waals surface area (Å²) in [5.74, 6) is -1.13. The van der Waals surface area contributed by atoms with Gasteiger partial charge in [0.25, 0.3) is 0 Å². The van der Waals surface area contributed by atoms with Crippen molar-refractivity contribution in [1.29, 1.82) is 0 Å². The number of aromatic nitrogens is 2. The Kier molecular flexibility index (Phi) is 4.26. The average Bonchev–Trinajstić information content (AvgIpc) is 2.82. The standard InChI is InChI=1S/C17H14F2N2O4/c1-9-6-14(24-8-11-12(18)4-3-5-13(11)19)15-20-10(2)16(21(15)7-9)25-17(22)23/h3-7H,8H2,1-2H3,(H,22,23). The van der Waals surface area contributed by atoms with Crippen LogP contribution in [0.15, 0.2) is 30.5 Å². The average molecular weight is 348 g/mol. The van der Waals surface area contributed by atoms with Crippen molar-refractivity contribution < 1.29 is 28.2 Å². The molecule has 0 spiro atoms. The van der Waals surface area contributed by atoms with E-state index in [4.69, 9.17) is 14.6 Å². The molecule has 0 aliphatic rings. The van der Waals surface area contributed by atoms with Gasteiger partial charge in [-0.25, -0.2) is 18.6 Å². The quantitative estimate of drug-likeness (QED) is 0.725. The van der Waals surface area contributed by atoms with Crippen LogP contribution in [0, 0.1) is 25.5 Å². The Morgan fingerprint density at radius 1 is 1.28 bits per heavy atom. The first-order chi connectivity index (χ1) is 11.9. The van der Waals surface area contributed by atoms with E-state index in [1.165, 1.54) is 10.5 Å². The number of rotatable bonds is 4. The number of nitrogens with zero attached hydrogens (tertiary/aromatic N) is 2. The van der Waals surface area contributed by atoms with Crippen LogP contribution in [-0.4, -0.2) is 20.6 Å². The van der Waals surface area contributed by atoms with E-state index < -0.39 is 17.8 Å². The molecule has 0 saturated heterocycles. The van der Waals surface area contributed by atoms with Crippen LogP contribution in [0.25, 0.3) is 5.65 Å². The third-order valence-corrected chi connectivity index (χ3v) is 3.56. The molecule has 0 radical (unpaired) electrons. The zero-order chi connectivity index (χ0) is 18.1. The molecule has 1 N–H and O–H groups in total. The predicted octanol–water partition coefficient (Wildman–Crippen LogP) is 3.87. The number of hydrogen-bond donors (Lipinski definition) is 1. The number of imidazole rings is 1. The second kappa shape index (κ2) is 6.39. The van der Waals surface area contributed by atoms with Crippen molar-refractivity contribution in [2.24, 2.45) is 0 Å². The van der Waals surface area contributed by atoms with E-state index in [0.29, 0.717) is 5.69 Å². The van der Waals surface area contributed by atoms with Crippen LogP contribution in [-0.2, 0) is 6.61 Å². The lowest BCUT2D eigenvalue weighted by molar-refractivity contribution is 0.141. The Morgan fingerprint density at radius 3 is 2.60 bits per heavy atom. The molecule has 2 heterocycles.